The second kappa shape index (κ2) is 8.48. The highest BCUT2D eigenvalue weighted by atomic mass is 16.5. The van der Waals surface area contributed by atoms with Gasteiger partial charge in [0.15, 0.2) is 5.65 Å². The first-order valence-corrected chi connectivity index (χ1v) is 10.0. The van der Waals surface area contributed by atoms with Gasteiger partial charge in [-0.15, -0.1) is 0 Å². The molecule has 1 saturated heterocycles. The maximum atomic E-state index is 12.9. The van der Waals surface area contributed by atoms with Crippen LogP contribution in [0.2, 0.25) is 0 Å². The summed E-state index contributed by atoms with van der Waals surface area (Å²) in [6.07, 6.45) is 6.30. The quantitative estimate of drug-likeness (QED) is 0.691. The average Bonchev–Trinajstić information content (AvgIpc) is 2.79. The lowest BCUT2D eigenvalue weighted by Crippen LogP contribution is -2.33. The van der Waals surface area contributed by atoms with E-state index in [1.54, 1.807) is 38.3 Å². The summed E-state index contributed by atoms with van der Waals surface area (Å²) in [5, 5.41) is 3.09. The number of ether oxygens (including phenoxy) is 1. The molecule has 0 unspecified atom stereocenters. The van der Waals surface area contributed by atoms with Crippen LogP contribution >= 0.6 is 0 Å². The highest BCUT2D eigenvalue weighted by Gasteiger charge is 2.20. The van der Waals surface area contributed by atoms with E-state index in [1.165, 1.54) is 23.5 Å². The molecule has 1 aromatic carbocycles. The van der Waals surface area contributed by atoms with Crippen LogP contribution in [0.15, 0.2) is 41.6 Å². The zero-order valence-electron chi connectivity index (χ0n) is 17.0. The highest BCUT2D eigenvalue weighted by Crippen LogP contribution is 2.19. The molecule has 3 heterocycles. The van der Waals surface area contributed by atoms with Crippen molar-refractivity contribution in [2.75, 3.05) is 30.4 Å². The third kappa shape index (κ3) is 3.96. The van der Waals surface area contributed by atoms with Gasteiger partial charge in [-0.3, -0.25) is 14.2 Å². The monoisotopic (exact) mass is 408 g/mol. The van der Waals surface area contributed by atoms with Crippen molar-refractivity contribution in [3.63, 3.8) is 0 Å². The number of aromatic nitrogens is 4. The van der Waals surface area contributed by atoms with Gasteiger partial charge in [-0.2, -0.15) is 4.98 Å². The normalized spacial score (nSPS) is 15.1. The first kappa shape index (κ1) is 19.8. The van der Waals surface area contributed by atoms with E-state index < -0.39 is 6.04 Å². The topological polar surface area (TPSA) is 102 Å². The molecule has 1 amide bonds. The molecule has 0 saturated carbocycles. The Morgan fingerprint density at radius 2 is 2.00 bits per heavy atom. The van der Waals surface area contributed by atoms with Crippen molar-refractivity contribution in [1.82, 2.24) is 19.5 Å². The number of hydrogen-bond donors (Lipinski definition) is 1. The Kier molecular flexibility index (Phi) is 5.60. The second-order valence-corrected chi connectivity index (χ2v) is 7.31. The first-order valence-electron chi connectivity index (χ1n) is 10.0. The lowest BCUT2D eigenvalue weighted by Gasteiger charge is -2.26. The van der Waals surface area contributed by atoms with Gasteiger partial charge in [-0.25, -0.2) is 9.97 Å². The largest absolute Gasteiger partial charge is 0.497 e. The van der Waals surface area contributed by atoms with Gasteiger partial charge in [-0.05, 0) is 38.3 Å². The van der Waals surface area contributed by atoms with Gasteiger partial charge < -0.3 is 15.0 Å². The molecule has 1 N–H and O–H groups in total. The smallest absolute Gasteiger partial charge is 0.265 e. The molecule has 2 aromatic heterocycles. The number of methoxy groups -OCH3 is 1. The molecule has 0 radical (unpaired) electrons. The minimum Gasteiger partial charge on any atom is -0.497 e. The highest BCUT2D eigenvalue weighted by molar-refractivity contribution is 5.93. The molecule has 4 rings (SSSR count). The summed E-state index contributed by atoms with van der Waals surface area (Å²) in [5.41, 5.74) is 0.577. The molecule has 1 aliphatic heterocycles. The number of piperidine rings is 1. The molecular formula is C21H24N6O3. The summed E-state index contributed by atoms with van der Waals surface area (Å²) < 4.78 is 6.46. The number of rotatable bonds is 5. The molecular weight excluding hydrogens is 384 g/mol. The summed E-state index contributed by atoms with van der Waals surface area (Å²) in [4.78, 5) is 40.9. The van der Waals surface area contributed by atoms with Gasteiger partial charge in [0.1, 0.15) is 23.5 Å². The number of anilines is 2. The van der Waals surface area contributed by atoms with Crippen LogP contribution in [0.25, 0.3) is 11.0 Å². The number of fused-ring (bicyclic) bond motifs is 1. The van der Waals surface area contributed by atoms with Crippen molar-refractivity contribution in [1.29, 1.82) is 0 Å². The van der Waals surface area contributed by atoms with E-state index in [2.05, 4.69) is 25.2 Å². The van der Waals surface area contributed by atoms with Crippen molar-refractivity contribution < 1.29 is 9.53 Å². The van der Waals surface area contributed by atoms with Crippen LogP contribution in [-0.4, -0.2) is 45.6 Å². The van der Waals surface area contributed by atoms with Crippen molar-refractivity contribution in [3.8, 4) is 5.75 Å². The van der Waals surface area contributed by atoms with E-state index in [1.807, 2.05) is 0 Å². The minimum atomic E-state index is -0.762. The molecule has 1 atom stereocenters. The molecule has 156 valence electrons. The molecule has 9 nitrogen and oxygen atoms in total. The molecule has 0 spiro atoms. The molecule has 0 aliphatic carbocycles. The number of hydrogen-bond acceptors (Lipinski definition) is 7. The van der Waals surface area contributed by atoms with Gasteiger partial charge in [0.25, 0.3) is 5.56 Å². The van der Waals surface area contributed by atoms with Gasteiger partial charge in [0.05, 0.1) is 7.11 Å². The van der Waals surface area contributed by atoms with Gasteiger partial charge in [-0.1, -0.05) is 6.07 Å². The summed E-state index contributed by atoms with van der Waals surface area (Å²) >= 11 is 0. The van der Waals surface area contributed by atoms with Gasteiger partial charge in [0, 0.05) is 31.0 Å². The minimum absolute atomic E-state index is 0.291. The zero-order valence-corrected chi connectivity index (χ0v) is 17.0. The number of carbonyl (C=O) groups is 1. The van der Waals surface area contributed by atoms with E-state index in [0.29, 0.717) is 28.4 Å². The molecule has 30 heavy (non-hydrogen) atoms. The van der Waals surface area contributed by atoms with Gasteiger partial charge >= 0.3 is 0 Å². The maximum absolute atomic E-state index is 12.9. The van der Waals surface area contributed by atoms with E-state index in [0.717, 1.165) is 25.9 Å². The van der Waals surface area contributed by atoms with Crippen molar-refractivity contribution in [2.24, 2.45) is 0 Å². The molecule has 1 aliphatic rings. The van der Waals surface area contributed by atoms with E-state index >= 15 is 0 Å². The Labute approximate surface area is 173 Å². The Bertz CT molecular complexity index is 1120. The van der Waals surface area contributed by atoms with Crippen LogP contribution < -0.4 is 20.5 Å². The fourth-order valence-electron chi connectivity index (χ4n) is 3.52. The summed E-state index contributed by atoms with van der Waals surface area (Å²) in [5.74, 6) is 0.889. The number of benzene rings is 1. The van der Waals surface area contributed by atoms with E-state index in [9.17, 15) is 9.59 Å². The molecule has 1 fully saturated rings. The van der Waals surface area contributed by atoms with E-state index in [4.69, 9.17) is 4.74 Å². The fourth-order valence-corrected chi connectivity index (χ4v) is 3.52. The third-order valence-corrected chi connectivity index (χ3v) is 5.30. The lowest BCUT2D eigenvalue weighted by molar-refractivity contribution is -0.118. The Morgan fingerprint density at radius 3 is 2.77 bits per heavy atom. The summed E-state index contributed by atoms with van der Waals surface area (Å²) in [6, 6.07) is 6.27. The van der Waals surface area contributed by atoms with Crippen LogP contribution in [0, 0.1) is 0 Å². The maximum Gasteiger partial charge on any atom is 0.265 e. The van der Waals surface area contributed by atoms with Gasteiger partial charge in [0.2, 0.25) is 11.9 Å². The predicted octanol–water partition coefficient (Wildman–Crippen LogP) is 2.39. The number of nitrogens with zero attached hydrogens (tertiary/aromatic N) is 5. The summed E-state index contributed by atoms with van der Waals surface area (Å²) in [7, 11) is 1.56. The molecule has 9 heteroatoms. The molecule has 3 aromatic rings. The van der Waals surface area contributed by atoms with Crippen LogP contribution in [0.4, 0.5) is 11.6 Å². The first-order chi connectivity index (χ1) is 14.6. The van der Waals surface area contributed by atoms with Crippen LogP contribution in [0.1, 0.15) is 32.2 Å². The van der Waals surface area contributed by atoms with Crippen molar-refractivity contribution in [2.45, 2.75) is 32.2 Å². The van der Waals surface area contributed by atoms with E-state index in [-0.39, 0.29) is 11.5 Å². The zero-order chi connectivity index (χ0) is 21.1. The number of nitrogens with one attached hydrogen (secondary N) is 1. The standard InChI is InChI=1S/C21H24N6O3/c1-14(19(28)24-15-7-6-8-16(11-15)30-2)27-13-23-18-17(20(27)29)12-22-21(25-18)26-9-4-3-5-10-26/h6-8,11-14H,3-5,9-10H2,1-2H3,(H,24,28)/t14-/m1/s1. The number of carbonyl (C=O) groups excluding carboxylic acids is 1. The SMILES string of the molecule is COc1cccc(NC(=O)[C@@H](C)n2cnc3nc(N4CCCCC4)ncc3c2=O)c1. The number of amides is 1. The van der Waals surface area contributed by atoms with Crippen LogP contribution in [-0.2, 0) is 4.79 Å². The van der Waals surface area contributed by atoms with Crippen LogP contribution in [0.3, 0.4) is 0 Å². The Balaban J connectivity index is 1.57. The van der Waals surface area contributed by atoms with Crippen molar-refractivity contribution in [3.05, 3.63) is 47.1 Å². The third-order valence-electron chi connectivity index (χ3n) is 5.30. The van der Waals surface area contributed by atoms with Crippen LogP contribution in [0.5, 0.6) is 5.75 Å². The Hall–Kier alpha value is -3.49. The average molecular weight is 408 g/mol. The summed E-state index contributed by atoms with van der Waals surface area (Å²) in [6.45, 7) is 3.46. The van der Waals surface area contributed by atoms with Crippen molar-refractivity contribution >= 4 is 28.6 Å². The Morgan fingerprint density at radius 1 is 1.20 bits per heavy atom. The molecule has 0 bridgehead atoms. The predicted molar refractivity (Wildman–Crippen MR) is 114 cm³/mol. The lowest BCUT2D eigenvalue weighted by atomic mass is 10.1. The fraction of sp³-hybridized carbons (Fsp3) is 0.381. The second-order valence-electron chi connectivity index (χ2n) is 7.31.